The maximum atomic E-state index is 12.2. The number of β-lactam (4-membered cyclic amide) rings is 1. The van der Waals surface area contributed by atoms with Gasteiger partial charge in [-0.25, -0.2) is 4.21 Å². The number of carboxylic acid groups (broad SMARTS) is 1. The Labute approximate surface area is 135 Å². The fourth-order valence-corrected chi connectivity index (χ4v) is 3.97. The number of aliphatic hydroxyl groups is 1. The van der Waals surface area contributed by atoms with Gasteiger partial charge in [0.05, 0.1) is 40.0 Å². The van der Waals surface area contributed by atoms with E-state index in [0.29, 0.717) is 0 Å². The van der Waals surface area contributed by atoms with Crippen LogP contribution in [0.1, 0.15) is 27.2 Å². The average molecular weight is 341 g/mol. The highest BCUT2D eigenvalue weighted by atomic mass is 32.2. The van der Waals surface area contributed by atoms with Crippen molar-refractivity contribution in [3.63, 3.8) is 0 Å². The van der Waals surface area contributed by atoms with E-state index in [0.717, 1.165) is 16.5 Å². The van der Waals surface area contributed by atoms with Crippen molar-refractivity contribution < 1.29 is 28.8 Å². The van der Waals surface area contributed by atoms with E-state index in [1.165, 1.54) is 20.8 Å². The SMILES string of the molecule is CC(=O)N/C=C/S(=O)C1=C(C(=O)[O-])N2C(=O)[C@@H](C(C)(C)O)[C@H]2C1. The van der Waals surface area contributed by atoms with Gasteiger partial charge in [-0.15, -0.1) is 0 Å². The molecule has 0 radical (unpaired) electrons. The number of carbonyl (C=O) groups excluding carboxylic acids is 3. The smallest absolute Gasteiger partial charge is 0.235 e. The largest absolute Gasteiger partial charge is 0.543 e. The second-order valence-corrected chi connectivity index (χ2v) is 7.33. The Bertz CT molecular complexity index is 661. The summed E-state index contributed by atoms with van der Waals surface area (Å²) in [6.45, 7) is 4.21. The third-order valence-corrected chi connectivity index (χ3v) is 5.02. The minimum Gasteiger partial charge on any atom is -0.543 e. The number of nitrogens with zero attached hydrogens (tertiary/aromatic N) is 1. The number of aliphatic carboxylic acids is 1. The summed E-state index contributed by atoms with van der Waals surface area (Å²) in [5, 5.41) is 24.8. The molecule has 9 heteroatoms. The van der Waals surface area contributed by atoms with Crippen LogP contribution < -0.4 is 10.4 Å². The number of amides is 2. The summed E-state index contributed by atoms with van der Waals surface area (Å²) < 4.78 is 12.2. The molecule has 1 saturated heterocycles. The van der Waals surface area contributed by atoms with Crippen molar-refractivity contribution in [3.05, 3.63) is 22.2 Å². The minimum absolute atomic E-state index is 0.0386. The molecule has 2 heterocycles. The Kier molecular flexibility index (Phi) is 4.45. The van der Waals surface area contributed by atoms with E-state index in [1.54, 1.807) is 0 Å². The molecule has 8 nitrogen and oxygen atoms in total. The third-order valence-electron chi connectivity index (χ3n) is 3.79. The van der Waals surface area contributed by atoms with E-state index >= 15 is 0 Å². The summed E-state index contributed by atoms with van der Waals surface area (Å²) in [6, 6.07) is -0.552. The van der Waals surface area contributed by atoms with Crippen molar-refractivity contribution in [2.45, 2.75) is 38.8 Å². The number of hydrogen-bond donors (Lipinski definition) is 2. The zero-order valence-electron chi connectivity index (χ0n) is 12.9. The number of rotatable bonds is 5. The fourth-order valence-electron chi connectivity index (χ4n) is 2.91. The lowest BCUT2D eigenvalue weighted by molar-refractivity contribution is -0.301. The van der Waals surface area contributed by atoms with E-state index in [2.05, 4.69) is 5.32 Å². The molecule has 0 aromatic rings. The van der Waals surface area contributed by atoms with Gasteiger partial charge >= 0.3 is 0 Å². The zero-order chi connectivity index (χ0) is 17.5. The normalized spacial score (nSPS) is 25.4. The first-order chi connectivity index (χ1) is 10.6. The molecule has 3 atom stereocenters. The number of hydrogen-bond acceptors (Lipinski definition) is 6. The molecule has 2 N–H and O–H groups in total. The number of fused-ring (bicyclic) bond motifs is 1. The lowest BCUT2D eigenvalue weighted by Gasteiger charge is -2.49. The molecule has 0 aliphatic carbocycles. The summed E-state index contributed by atoms with van der Waals surface area (Å²) in [5.41, 5.74) is -1.72. The number of carbonyl (C=O) groups is 3. The van der Waals surface area contributed by atoms with Crippen LogP contribution in [0.3, 0.4) is 0 Å². The lowest BCUT2D eigenvalue weighted by atomic mass is 9.76. The average Bonchev–Trinajstić information content (AvgIpc) is 2.71. The first kappa shape index (κ1) is 17.4. The second-order valence-electron chi connectivity index (χ2n) is 5.97. The predicted molar refractivity (Wildman–Crippen MR) is 78.2 cm³/mol. The maximum absolute atomic E-state index is 12.2. The third kappa shape index (κ3) is 3.06. The molecule has 2 amide bonds. The van der Waals surface area contributed by atoms with Crippen molar-refractivity contribution in [1.29, 1.82) is 0 Å². The standard InChI is InChI=1S/C14H18N2O6S/c1-7(17)15-4-5-23(22)9-6-8-10(14(2,3)21)12(18)16(8)11(9)13(19)20/h4-5,8,10,21H,6H2,1-3H3,(H,15,17)(H,19,20)/p-1/b5-4+/t8-,10+,23?/m1/s1. The Morgan fingerprint density at radius 3 is 2.57 bits per heavy atom. The Morgan fingerprint density at radius 2 is 2.09 bits per heavy atom. The van der Waals surface area contributed by atoms with E-state index in [1.807, 2.05) is 0 Å². The minimum atomic E-state index is -1.83. The van der Waals surface area contributed by atoms with Gasteiger partial charge in [0.15, 0.2) is 0 Å². The molecule has 2 rings (SSSR count). The first-order valence-electron chi connectivity index (χ1n) is 6.90. The van der Waals surface area contributed by atoms with Crippen molar-refractivity contribution in [3.8, 4) is 0 Å². The van der Waals surface area contributed by atoms with Gasteiger partial charge in [-0.05, 0) is 13.8 Å². The summed E-state index contributed by atoms with van der Waals surface area (Å²) in [7, 11) is -1.83. The van der Waals surface area contributed by atoms with Gasteiger partial charge in [-0.1, -0.05) is 0 Å². The molecule has 126 valence electrons. The van der Waals surface area contributed by atoms with Gasteiger partial charge in [0.25, 0.3) is 0 Å². The van der Waals surface area contributed by atoms with Crippen LogP contribution >= 0.6 is 0 Å². The number of carboxylic acids is 1. The monoisotopic (exact) mass is 341 g/mol. The van der Waals surface area contributed by atoms with Crippen LogP contribution in [0.4, 0.5) is 0 Å². The summed E-state index contributed by atoms with van der Waals surface area (Å²) in [4.78, 5) is 35.3. The van der Waals surface area contributed by atoms with Crippen LogP contribution in [0, 0.1) is 5.92 Å². The molecule has 0 aromatic heterocycles. The highest BCUT2D eigenvalue weighted by Crippen LogP contribution is 2.47. The Balaban J connectivity index is 2.28. The molecule has 0 aromatic carbocycles. The van der Waals surface area contributed by atoms with Crippen molar-refractivity contribution in [2.24, 2.45) is 5.92 Å². The quantitative estimate of drug-likeness (QED) is 0.574. The van der Waals surface area contributed by atoms with Gasteiger partial charge in [0.2, 0.25) is 11.8 Å². The van der Waals surface area contributed by atoms with Crippen LogP contribution in [0.25, 0.3) is 0 Å². The molecular weight excluding hydrogens is 324 g/mol. The van der Waals surface area contributed by atoms with E-state index in [9.17, 15) is 28.8 Å². The Hall–Kier alpha value is -2.00. The molecule has 0 saturated carbocycles. The van der Waals surface area contributed by atoms with Crippen molar-refractivity contribution >= 4 is 28.6 Å². The van der Waals surface area contributed by atoms with E-state index in [-0.39, 0.29) is 17.2 Å². The number of nitrogens with one attached hydrogen (secondary N) is 1. The van der Waals surface area contributed by atoms with Crippen LogP contribution in [-0.4, -0.2) is 43.6 Å². The molecule has 23 heavy (non-hydrogen) atoms. The predicted octanol–water partition coefficient (Wildman–Crippen LogP) is -1.69. The van der Waals surface area contributed by atoms with Crippen LogP contribution in [0.2, 0.25) is 0 Å². The van der Waals surface area contributed by atoms with Gasteiger partial charge in [-0.2, -0.15) is 0 Å². The van der Waals surface area contributed by atoms with Crippen molar-refractivity contribution in [2.75, 3.05) is 0 Å². The first-order valence-corrected chi connectivity index (χ1v) is 8.11. The molecule has 2 aliphatic heterocycles. The van der Waals surface area contributed by atoms with Crippen LogP contribution in [0.15, 0.2) is 22.2 Å². The van der Waals surface area contributed by atoms with E-state index in [4.69, 9.17) is 0 Å². The fraction of sp³-hybridized carbons (Fsp3) is 0.500. The van der Waals surface area contributed by atoms with Crippen molar-refractivity contribution in [1.82, 2.24) is 10.2 Å². The Morgan fingerprint density at radius 1 is 1.48 bits per heavy atom. The van der Waals surface area contributed by atoms with Gasteiger partial charge < -0.3 is 25.2 Å². The van der Waals surface area contributed by atoms with Gasteiger partial charge in [0, 0.05) is 29.9 Å². The highest BCUT2D eigenvalue weighted by Gasteiger charge is 2.59. The van der Waals surface area contributed by atoms with Crippen LogP contribution in [0.5, 0.6) is 0 Å². The van der Waals surface area contributed by atoms with Gasteiger partial charge in [0.1, 0.15) is 0 Å². The molecule has 1 fully saturated rings. The summed E-state index contributed by atoms with van der Waals surface area (Å²) in [5.74, 6) is -3.24. The lowest BCUT2D eigenvalue weighted by Crippen LogP contribution is -2.65. The van der Waals surface area contributed by atoms with Gasteiger partial charge in [-0.3, -0.25) is 9.59 Å². The summed E-state index contributed by atoms with van der Waals surface area (Å²) in [6.07, 6.45) is 1.23. The second kappa shape index (κ2) is 5.89. The topological polar surface area (TPSA) is 127 Å². The molecule has 1 unspecified atom stereocenters. The molecule has 2 aliphatic rings. The molecular formula is C14H17N2O6S-. The highest BCUT2D eigenvalue weighted by molar-refractivity contribution is 7.91. The van der Waals surface area contributed by atoms with E-state index < -0.39 is 45.9 Å². The zero-order valence-corrected chi connectivity index (χ0v) is 13.7. The molecule has 0 spiro atoms. The molecule has 0 bridgehead atoms. The maximum Gasteiger partial charge on any atom is 0.235 e. The summed E-state index contributed by atoms with van der Waals surface area (Å²) >= 11 is 0. The van der Waals surface area contributed by atoms with Crippen LogP contribution in [-0.2, 0) is 25.2 Å².